The Morgan fingerprint density at radius 2 is 1.56 bits per heavy atom. The Morgan fingerprint density at radius 1 is 0.820 bits per heavy atom. The lowest BCUT2D eigenvalue weighted by Crippen LogP contribution is -2.31. The van der Waals surface area contributed by atoms with Crippen LogP contribution in [0.4, 0.5) is 11.4 Å². The molecule has 1 N–H and O–H groups in total. The van der Waals surface area contributed by atoms with E-state index in [1.807, 2.05) is 85.2 Å². The molecule has 2 aliphatic rings. The summed E-state index contributed by atoms with van der Waals surface area (Å²) in [7, 11) is -13.2. The highest BCUT2D eigenvalue weighted by Crippen LogP contribution is 2.53. The van der Waals surface area contributed by atoms with Gasteiger partial charge in [0.05, 0.1) is 31.9 Å². The first-order chi connectivity index (χ1) is 28.6. The van der Waals surface area contributed by atoms with Gasteiger partial charge in [0.1, 0.15) is 26.8 Å². The van der Waals surface area contributed by atoms with Gasteiger partial charge in [0.25, 0.3) is 0 Å². The average Bonchev–Trinajstić information content (AvgIpc) is 3.54. The summed E-state index contributed by atoms with van der Waals surface area (Å²) in [5.41, 5.74) is 3.08. The van der Waals surface area contributed by atoms with Gasteiger partial charge in [0.2, 0.25) is 5.69 Å². The minimum atomic E-state index is -5.21. The first-order valence-corrected chi connectivity index (χ1v) is 24.2. The molecule has 2 aliphatic heterocycles. The third-order valence-corrected chi connectivity index (χ3v) is 14.1. The Bertz CT molecular complexity index is 2860. The van der Waals surface area contributed by atoms with Crippen molar-refractivity contribution in [1.29, 1.82) is 0 Å². The van der Waals surface area contributed by atoms with Crippen LogP contribution in [0.3, 0.4) is 0 Å². The van der Waals surface area contributed by atoms with Crippen LogP contribution in [0.2, 0.25) is 0 Å². The van der Waals surface area contributed by atoms with E-state index in [0.717, 1.165) is 39.5 Å². The maximum Gasteiger partial charge on any atom is 0.303 e. The molecule has 61 heavy (non-hydrogen) atoms. The minimum absolute atomic E-state index is 0.00335. The molecule has 326 valence electrons. The molecule has 14 nitrogen and oxygen atoms in total. The number of hydrogen-bond acceptors (Lipinski definition) is 12. The number of methoxy groups -OCH3 is 1. The Kier molecular flexibility index (Phi) is 13.2. The first-order valence-electron chi connectivity index (χ1n) is 19.8. The van der Waals surface area contributed by atoms with Crippen molar-refractivity contribution in [2.75, 3.05) is 37.5 Å². The summed E-state index contributed by atoms with van der Waals surface area (Å²) in [4.78, 5) is 11.7. The van der Waals surface area contributed by atoms with E-state index in [1.54, 1.807) is 13.2 Å². The molecule has 1 unspecified atom stereocenters. The molecule has 0 aliphatic carbocycles. The van der Waals surface area contributed by atoms with Crippen LogP contribution in [0.25, 0.3) is 21.5 Å². The number of rotatable bonds is 18. The van der Waals surface area contributed by atoms with Crippen molar-refractivity contribution in [2.45, 2.75) is 79.9 Å². The topological polar surface area (TPSA) is 224 Å². The SMILES string of the molecule is COCCN1/C(=C/C=C/C=C/C2=[N+](CCCCCC(=O)O)c3ccc4c(S(=O)(=O)[O-])cc(S(=O)(=O)[O-])cc4c3C2(C)C)C(C)(CCCS(=O)(=O)[O-])c2c1ccc1ccccc21. The third-order valence-electron chi connectivity index (χ3n) is 11.7. The molecule has 0 fully saturated rings. The Balaban J connectivity index is 1.44. The van der Waals surface area contributed by atoms with E-state index < -0.39 is 62.7 Å². The number of aliphatic carboxylic acids is 1. The summed E-state index contributed by atoms with van der Waals surface area (Å²) < 4.78 is 117. The number of unbranched alkanes of at least 4 members (excludes halogenated alkanes) is 2. The smallest absolute Gasteiger partial charge is 0.303 e. The van der Waals surface area contributed by atoms with Gasteiger partial charge in [-0.15, -0.1) is 0 Å². The van der Waals surface area contributed by atoms with E-state index in [4.69, 9.17) is 9.84 Å². The number of carboxylic acids is 1. The van der Waals surface area contributed by atoms with Crippen LogP contribution in [0.15, 0.2) is 107 Å². The van der Waals surface area contributed by atoms with Crippen molar-refractivity contribution in [1.82, 2.24) is 0 Å². The molecular formula is C44H48N2O12S3-2. The van der Waals surface area contributed by atoms with Crippen molar-refractivity contribution >= 4 is 75.0 Å². The van der Waals surface area contributed by atoms with Crippen LogP contribution in [-0.4, -0.2) is 92.8 Å². The Hall–Kier alpha value is -4.75. The Labute approximate surface area is 356 Å². The van der Waals surface area contributed by atoms with E-state index in [1.165, 1.54) is 6.07 Å². The maximum atomic E-state index is 12.4. The molecule has 2 heterocycles. The summed E-state index contributed by atoms with van der Waals surface area (Å²) in [6.45, 7) is 7.10. The Morgan fingerprint density at radius 3 is 2.23 bits per heavy atom. The highest BCUT2D eigenvalue weighted by molar-refractivity contribution is 7.86. The number of benzene rings is 4. The molecule has 0 bridgehead atoms. The number of fused-ring (bicyclic) bond motifs is 6. The van der Waals surface area contributed by atoms with Gasteiger partial charge in [-0.1, -0.05) is 48.6 Å². The number of ether oxygens (including phenoxy) is 1. The number of hydrogen-bond donors (Lipinski definition) is 1. The molecule has 0 saturated carbocycles. The quantitative estimate of drug-likeness (QED) is 0.0484. The minimum Gasteiger partial charge on any atom is -0.748 e. The molecule has 4 aromatic rings. The van der Waals surface area contributed by atoms with Crippen molar-refractivity contribution in [3.05, 3.63) is 108 Å². The largest absolute Gasteiger partial charge is 0.748 e. The fraction of sp³-hybridized carbons (Fsp3) is 0.364. The molecule has 0 saturated heterocycles. The number of carboxylic acid groups (broad SMARTS) is 1. The van der Waals surface area contributed by atoms with E-state index in [0.29, 0.717) is 62.7 Å². The number of anilines is 1. The number of allylic oxidation sites excluding steroid dienone is 6. The number of nitrogens with zero attached hydrogens (tertiary/aromatic N) is 2. The zero-order valence-electron chi connectivity index (χ0n) is 34.3. The van der Waals surface area contributed by atoms with Crippen LogP contribution in [0, 0.1) is 0 Å². The molecule has 0 aromatic heterocycles. The van der Waals surface area contributed by atoms with Crippen molar-refractivity contribution < 1.29 is 58.1 Å². The van der Waals surface area contributed by atoms with Gasteiger partial charge < -0.3 is 28.4 Å². The van der Waals surface area contributed by atoms with Crippen LogP contribution in [0.1, 0.15) is 70.4 Å². The van der Waals surface area contributed by atoms with Gasteiger partial charge >= 0.3 is 5.97 Å². The number of carbonyl (C=O) groups is 1. The van der Waals surface area contributed by atoms with Gasteiger partial charge in [-0.3, -0.25) is 4.79 Å². The third kappa shape index (κ3) is 9.52. The summed E-state index contributed by atoms with van der Waals surface area (Å²) in [5, 5.41) is 11.3. The lowest BCUT2D eigenvalue weighted by atomic mass is 9.76. The fourth-order valence-electron chi connectivity index (χ4n) is 8.99. The van der Waals surface area contributed by atoms with E-state index in [2.05, 4.69) is 11.8 Å². The molecule has 17 heteroatoms. The lowest BCUT2D eigenvalue weighted by molar-refractivity contribution is -0.438. The normalized spacial score (nSPS) is 18.7. The summed E-state index contributed by atoms with van der Waals surface area (Å²) in [6.07, 6.45) is 11.5. The predicted octanol–water partition coefficient (Wildman–Crippen LogP) is 6.57. The van der Waals surface area contributed by atoms with E-state index in [-0.39, 0.29) is 23.6 Å². The molecule has 0 amide bonds. The summed E-state index contributed by atoms with van der Waals surface area (Å²) in [6, 6.07) is 16.8. The van der Waals surface area contributed by atoms with E-state index >= 15 is 0 Å². The lowest BCUT2D eigenvalue weighted by Gasteiger charge is -2.31. The monoisotopic (exact) mass is 892 g/mol. The second kappa shape index (κ2) is 17.6. The zero-order chi connectivity index (χ0) is 44.5. The van der Waals surface area contributed by atoms with Crippen LogP contribution < -0.4 is 4.90 Å². The highest BCUT2D eigenvalue weighted by Gasteiger charge is 2.46. The molecule has 1 atom stereocenters. The molecule has 6 rings (SSSR count). The van der Waals surface area contributed by atoms with Gasteiger partial charge in [-0.05, 0) is 98.5 Å². The van der Waals surface area contributed by atoms with Crippen LogP contribution in [0.5, 0.6) is 0 Å². The van der Waals surface area contributed by atoms with Gasteiger partial charge in [-0.25, -0.2) is 25.3 Å². The van der Waals surface area contributed by atoms with Crippen LogP contribution >= 0.6 is 0 Å². The van der Waals surface area contributed by atoms with Crippen LogP contribution in [-0.2, 0) is 50.7 Å². The van der Waals surface area contributed by atoms with Gasteiger partial charge in [0.15, 0.2) is 5.71 Å². The fourth-order valence-corrected chi connectivity index (χ4v) is 10.8. The average molecular weight is 893 g/mol. The van der Waals surface area contributed by atoms with Gasteiger partial charge in [-0.2, -0.15) is 4.58 Å². The van der Waals surface area contributed by atoms with E-state index in [9.17, 15) is 43.7 Å². The summed E-state index contributed by atoms with van der Waals surface area (Å²) in [5.74, 6) is -1.41. The van der Waals surface area contributed by atoms with Gasteiger partial charge in [0, 0.05) is 72.1 Å². The second-order valence-corrected chi connectivity index (χ2v) is 20.3. The molecular weight excluding hydrogens is 845 g/mol. The second-order valence-electron chi connectivity index (χ2n) is 16.1. The zero-order valence-corrected chi connectivity index (χ0v) is 36.7. The maximum absolute atomic E-state index is 12.4. The van der Waals surface area contributed by atoms with Crippen molar-refractivity contribution in [3.63, 3.8) is 0 Å². The predicted molar refractivity (Wildman–Crippen MR) is 229 cm³/mol. The van der Waals surface area contributed by atoms with Crippen molar-refractivity contribution in [2.24, 2.45) is 0 Å². The molecule has 4 aromatic carbocycles. The highest BCUT2D eigenvalue weighted by atomic mass is 32.2. The summed E-state index contributed by atoms with van der Waals surface area (Å²) >= 11 is 0. The standard InChI is InChI=1S/C44H50N2O12S3/c1-43(2)38(45(24-12-6-9-18-40(47)48)35-22-20-33-34(41(35)43)28-31(60(52,53)54)29-37(33)61(55,56)57)16-7-5-8-17-39-44(3,23-13-27-59(49,50)51)42-32-15-11-10-14-30(32)19-21-36(42)46(39)25-26-58-4/h5,7-8,10-11,14-17,19-22,28-29H,6,9,12-13,18,23-27H2,1-4H3,(H3-,47,48,49,50,51,52,53,54,55,56,57)/p-2. The van der Waals surface area contributed by atoms with Crippen molar-refractivity contribution in [3.8, 4) is 0 Å². The molecule has 0 spiro atoms. The first kappa shape index (κ1) is 45.8. The molecule has 0 radical (unpaired) electrons.